The molecular weight excluding hydrogens is 492 g/mol. The van der Waals surface area contributed by atoms with E-state index < -0.39 is 23.5 Å². The summed E-state index contributed by atoms with van der Waals surface area (Å²) in [6.07, 6.45) is -3.28. The minimum atomic E-state index is -4.79. The summed E-state index contributed by atoms with van der Waals surface area (Å²) in [5, 5.41) is 11.9. The van der Waals surface area contributed by atoms with Crippen LogP contribution in [0.15, 0.2) is 42.6 Å². The highest BCUT2D eigenvalue weighted by Crippen LogP contribution is 2.33. The predicted molar refractivity (Wildman–Crippen MR) is 121 cm³/mol. The van der Waals surface area contributed by atoms with Crippen molar-refractivity contribution in [3.63, 3.8) is 0 Å². The molecule has 0 spiro atoms. The highest BCUT2D eigenvalue weighted by atomic mass is 32.1. The standard InChI is InChI=1S/C23H22F4N2O5S/c1-32-8-9-34-19-5-3-15(12-20(19)33-7-6-30)21(31)29-22-28-13-16(35-22)10-14-2-4-18(24)17(11-14)23(25,26)27/h2-5,11-13,30H,6-10H2,1H3,(H,28,29,31). The van der Waals surface area contributed by atoms with E-state index in [1.54, 1.807) is 6.07 Å². The van der Waals surface area contributed by atoms with Gasteiger partial charge in [0.15, 0.2) is 16.6 Å². The Bertz CT molecular complexity index is 1150. The Morgan fingerprint density at radius 3 is 2.57 bits per heavy atom. The van der Waals surface area contributed by atoms with Crippen molar-refractivity contribution in [2.45, 2.75) is 12.6 Å². The van der Waals surface area contributed by atoms with Crippen LogP contribution >= 0.6 is 11.3 Å². The second-order valence-corrected chi connectivity index (χ2v) is 8.26. The molecule has 0 aliphatic heterocycles. The second-order valence-electron chi connectivity index (χ2n) is 7.15. The number of hydrogen-bond donors (Lipinski definition) is 2. The van der Waals surface area contributed by atoms with Crippen LogP contribution in [0.3, 0.4) is 0 Å². The number of methoxy groups -OCH3 is 1. The van der Waals surface area contributed by atoms with Gasteiger partial charge in [0.1, 0.15) is 19.0 Å². The number of alkyl halides is 3. The fourth-order valence-corrected chi connectivity index (χ4v) is 3.83. The average molecular weight is 514 g/mol. The Labute approximate surface area is 202 Å². The minimum absolute atomic E-state index is 0.000981. The van der Waals surface area contributed by atoms with Crippen molar-refractivity contribution >= 4 is 22.4 Å². The number of nitrogens with one attached hydrogen (secondary N) is 1. The first-order valence-corrected chi connectivity index (χ1v) is 11.1. The first-order valence-electron chi connectivity index (χ1n) is 10.3. The third-order valence-electron chi connectivity index (χ3n) is 4.59. The first kappa shape index (κ1) is 26.4. The lowest BCUT2D eigenvalue weighted by Crippen LogP contribution is -2.13. The molecule has 3 aromatic rings. The molecule has 2 aromatic carbocycles. The molecule has 188 valence electrons. The summed E-state index contributed by atoms with van der Waals surface area (Å²) in [5.74, 6) is -1.19. The van der Waals surface area contributed by atoms with Gasteiger partial charge in [0.2, 0.25) is 0 Å². The minimum Gasteiger partial charge on any atom is -0.487 e. The lowest BCUT2D eigenvalue weighted by Gasteiger charge is -2.13. The first-order chi connectivity index (χ1) is 16.7. The zero-order valence-electron chi connectivity index (χ0n) is 18.5. The Morgan fingerprint density at radius 1 is 1.09 bits per heavy atom. The monoisotopic (exact) mass is 514 g/mol. The number of carbonyl (C=O) groups excluding carboxylic acids is 1. The topological polar surface area (TPSA) is 89.9 Å². The normalized spacial score (nSPS) is 11.4. The van der Waals surface area contributed by atoms with E-state index in [4.69, 9.17) is 19.3 Å². The second kappa shape index (κ2) is 12.0. The number of aromatic nitrogens is 1. The number of ether oxygens (including phenoxy) is 3. The molecule has 7 nitrogen and oxygen atoms in total. The number of anilines is 1. The number of carbonyl (C=O) groups is 1. The van der Waals surface area contributed by atoms with Crippen LogP contribution in [0.2, 0.25) is 0 Å². The van der Waals surface area contributed by atoms with Crippen LogP contribution in [0.1, 0.15) is 26.4 Å². The smallest absolute Gasteiger partial charge is 0.419 e. The van der Waals surface area contributed by atoms with Crippen LogP contribution in [0.25, 0.3) is 0 Å². The van der Waals surface area contributed by atoms with Crippen LogP contribution in [0.5, 0.6) is 11.5 Å². The van der Waals surface area contributed by atoms with Gasteiger partial charge in [0, 0.05) is 30.2 Å². The number of benzene rings is 2. The molecule has 0 fully saturated rings. The van der Waals surface area contributed by atoms with E-state index in [-0.39, 0.29) is 48.2 Å². The van der Waals surface area contributed by atoms with Crippen molar-refractivity contribution in [2.75, 3.05) is 38.9 Å². The zero-order chi connectivity index (χ0) is 25.4. The highest BCUT2D eigenvalue weighted by molar-refractivity contribution is 7.15. The fourth-order valence-electron chi connectivity index (χ4n) is 2.99. The number of aliphatic hydroxyl groups excluding tert-OH is 1. The lowest BCUT2D eigenvalue weighted by molar-refractivity contribution is -0.140. The van der Waals surface area contributed by atoms with Gasteiger partial charge in [-0.3, -0.25) is 10.1 Å². The van der Waals surface area contributed by atoms with Crippen LogP contribution in [0.4, 0.5) is 22.7 Å². The van der Waals surface area contributed by atoms with Crippen molar-refractivity contribution < 1.29 is 41.7 Å². The molecule has 0 bridgehead atoms. The molecular formula is C23H22F4N2O5S. The summed E-state index contributed by atoms with van der Waals surface area (Å²) >= 11 is 1.08. The Balaban J connectivity index is 1.69. The molecule has 0 atom stereocenters. The fraction of sp³-hybridized carbons (Fsp3) is 0.304. The molecule has 0 saturated carbocycles. The predicted octanol–water partition coefficient (Wildman–Crippen LogP) is 4.54. The number of aliphatic hydroxyl groups is 1. The molecule has 1 amide bonds. The van der Waals surface area contributed by atoms with Gasteiger partial charge in [0.05, 0.1) is 18.8 Å². The SMILES string of the molecule is COCCOc1ccc(C(=O)Nc2ncc(Cc3ccc(F)c(C(F)(F)F)c3)s2)cc1OCCO. The molecule has 0 aliphatic carbocycles. The number of rotatable bonds is 11. The number of hydrogen-bond acceptors (Lipinski definition) is 7. The highest BCUT2D eigenvalue weighted by Gasteiger charge is 2.34. The van der Waals surface area contributed by atoms with Crippen LogP contribution in [-0.4, -0.2) is 49.5 Å². The average Bonchev–Trinajstić information content (AvgIpc) is 3.25. The van der Waals surface area contributed by atoms with Gasteiger partial charge in [-0.2, -0.15) is 13.2 Å². The lowest BCUT2D eigenvalue weighted by atomic mass is 10.1. The summed E-state index contributed by atoms with van der Waals surface area (Å²) < 4.78 is 68.3. The third-order valence-corrected chi connectivity index (χ3v) is 5.50. The summed E-state index contributed by atoms with van der Waals surface area (Å²) in [6, 6.07) is 7.34. The molecule has 3 rings (SSSR count). The zero-order valence-corrected chi connectivity index (χ0v) is 19.3. The summed E-state index contributed by atoms with van der Waals surface area (Å²) in [7, 11) is 1.53. The quantitative estimate of drug-likeness (QED) is 0.289. The van der Waals surface area contributed by atoms with E-state index in [1.165, 1.54) is 31.5 Å². The Kier molecular flexibility index (Phi) is 9.01. The van der Waals surface area contributed by atoms with E-state index in [0.29, 0.717) is 17.2 Å². The molecule has 1 aromatic heterocycles. The van der Waals surface area contributed by atoms with Crippen molar-refractivity contribution in [1.82, 2.24) is 4.98 Å². The van der Waals surface area contributed by atoms with Gasteiger partial charge < -0.3 is 19.3 Å². The Hall–Kier alpha value is -3.22. The van der Waals surface area contributed by atoms with Crippen LogP contribution < -0.4 is 14.8 Å². The Morgan fingerprint density at radius 2 is 1.86 bits per heavy atom. The van der Waals surface area contributed by atoms with Crippen LogP contribution in [-0.2, 0) is 17.3 Å². The van der Waals surface area contributed by atoms with E-state index >= 15 is 0 Å². The van der Waals surface area contributed by atoms with Crippen molar-refractivity contribution in [1.29, 1.82) is 0 Å². The van der Waals surface area contributed by atoms with Crippen molar-refractivity contribution in [3.05, 3.63) is 70.0 Å². The molecule has 2 N–H and O–H groups in total. The van der Waals surface area contributed by atoms with E-state index in [9.17, 15) is 22.4 Å². The van der Waals surface area contributed by atoms with Gasteiger partial charge in [0.25, 0.3) is 5.91 Å². The van der Waals surface area contributed by atoms with Gasteiger partial charge in [-0.15, -0.1) is 11.3 Å². The van der Waals surface area contributed by atoms with Gasteiger partial charge in [-0.1, -0.05) is 6.07 Å². The van der Waals surface area contributed by atoms with Crippen molar-refractivity contribution in [3.8, 4) is 11.5 Å². The van der Waals surface area contributed by atoms with Crippen LogP contribution in [0, 0.1) is 5.82 Å². The third kappa shape index (κ3) is 7.38. The number of amides is 1. The maximum absolute atomic E-state index is 13.5. The van der Waals surface area contributed by atoms with Gasteiger partial charge >= 0.3 is 6.18 Å². The molecule has 0 radical (unpaired) electrons. The number of thiazole rings is 1. The summed E-state index contributed by atoms with van der Waals surface area (Å²) in [5.41, 5.74) is -0.834. The maximum atomic E-state index is 13.5. The largest absolute Gasteiger partial charge is 0.487 e. The summed E-state index contributed by atoms with van der Waals surface area (Å²) in [6.45, 7) is 0.386. The molecule has 0 aliphatic rings. The van der Waals surface area contributed by atoms with Gasteiger partial charge in [-0.25, -0.2) is 9.37 Å². The molecule has 12 heteroatoms. The molecule has 35 heavy (non-hydrogen) atoms. The van der Waals surface area contributed by atoms with Gasteiger partial charge in [-0.05, 0) is 35.9 Å². The van der Waals surface area contributed by atoms with E-state index in [1.807, 2.05) is 0 Å². The number of nitrogens with zero attached hydrogens (tertiary/aromatic N) is 1. The van der Waals surface area contributed by atoms with E-state index in [0.717, 1.165) is 23.5 Å². The van der Waals surface area contributed by atoms with Crippen molar-refractivity contribution in [2.24, 2.45) is 0 Å². The maximum Gasteiger partial charge on any atom is 0.419 e. The van der Waals surface area contributed by atoms with E-state index in [2.05, 4.69) is 10.3 Å². The molecule has 0 saturated heterocycles. The number of halogens is 4. The summed E-state index contributed by atoms with van der Waals surface area (Å²) in [4.78, 5) is 17.4. The molecule has 0 unspecified atom stereocenters. The molecule has 1 heterocycles.